The average Bonchev–Trinajstić information content (AvgIpc) is 2.32. The topological polar surface area (TPSA) is 67.8 Å². The number of ether oxygens (including phenoxy) is 1. The van der Waals surface area contributed by atoms with Gasteiger partial charge < -0.3 is 15.7 Å². The van der Waals surface area contributed by atoms with Crippen LogP contribution in [0.25, 0.3) is 0 Å². The summed E-state index contributed by atoms with van der Waals surface area (Å²) in [5.41, 5.74) is 5.71. The van der Waals surface area contributed by atoms with E-state index in [1.165, 1.54) is 31.4 Å². The molecule has 2 rings (SSSR count). The predicted octanol–water partition coefficient (Wildman–Crippen LogP) is 2.49. The van der Waals surface area contributed by atoms with Crippen LogP contribution in [0.5, 0.6) is 5.75 Å². The molecule has 5 heteroatoms. The van der Waals surface area contributed by atoms with Gasteiger partial charge >= 0.3 is 0 Å². The van der Waals surface area contributed by atoms with Crippen molar-refractivity contribution < 1.29 is 14.3 Å². The molecule has 0 unspecified atom stereocenters. The Labute approximate surface area is 105 Å². The number of halogens is 1. The Morgan fingerprint density at radius 1 is 1.50 bits per heavy atom. The van der Waals surface area contributed by atoms with Crippen molar-refractivity contribution in [2.24, 2.45) is 16.8 Å². The molecule has 1 aromatic carbocycles. The molecule has 0 spiro atoms. The van der Waals surface area contributed by atoms with Gasteiger partial charge in [0.1, 0.15) is 0 Å². The number of hydrogen-bond donors (Lipinski definition) is 2. The minimum absolute atomic E-state index is 0.116. The minimum atomic E-state index is -0.493. The summed E-state index contributed by atoms with van der Waals surface area (Å²) in [6.07, 6.45) is 4.79. The minimum Gasteiger partial charge on any atom is -0.491 e. The fraction of sp³-hybridized carbons (Fsp3) is 0.462. The van der Waals surface area contributed by atoms with E-state index >= 15 is 0 Å². The number of oxime groups is 1. The molecule has 1 aromatic rings. The standard InChI is InChI=1S/C13H17FN2O2/c14-11-8-10(13(15)16-17)4-5-12(11)18-7-6-9-2-1-3-9/h4-5,8-9,17H,1-3,6-7H2,(H2,15,16). The third kappa shape index (κ3) is 2.91. The van der Waals surface area contributed by atoms with E-state index < -0.39 is 5.82 Å². The fourth-order valence-electron chi connectivity index (χ4n) is 1.95. The van der Waals surface area contributed by atoms with Gasteiger partial charge in [0.25, 0.3) is 0 Å². The van der Waals surface area contributed by atoms with Crippen molar-refractivity contribution in [1.82, 2.24) is 0 Å². The Morgan fingerprint density at radius 2 is 2.28 bits per heavy atom. The van der Waals surface area contributed by atoms with Crippen LogP contribution in [0, 0.1) is 11.7 Å². The van der Waals surface area contributed by atoms with Gasteiger partial charge in [0.2, 0.25) is 0 Å². The van der Waals surface area contributed by atoms with Crippen molar-refractivity contribution in [2.75, 3.05) is 6.61 Å². The SMILES string of the molecule is N/C(=N/O)c1ccc(OCCC2CCC2)c(F)c1. The van der Waals surface area contributed by atoms with Gasteiger partial charge in [-0.3, -0.25) is 0 Å². The Bertz CT molecular complexity index is 445. The second-order valence-electron chi connectivity index (χ2n) is 4.56. The molecule has 98 valence electrons. The zero-order valence-electron chi connectivity index (χ0n) is 10.1. The van der Waals surface area contributed by atoms with E-state index in [0.717, 1.165) is 12.3 Å². The molecule has 0 atom stereocenters. The lowest BCUT2D eigenvalue weighted by molar-refractivity contribution is 0.217. The van der Waals surface area contributed by atoms with Crippen molar-refractivity contribution >= 4 is 5.84 Å². The fourth-order valence-corrected chi connectivity index (χ4v) is 1.95. The molecule has 0 aromatic heterocycles. The van der Waals surface area contributed by atoms with E-state index in [4.69, 9.17) is 15.7 Å². The lowest BCUT2D eigenvalue weighted by Crippen LogP contribution is -2.15. The Morgan fingerprint density at radius 3 is 2.83 bits per heavy atom. The highest BCUT2D eigenvalue weighted by molar-refractivity contribution is 5.97. The summed E-state index contributed by atoms with van der Waals surface area (Å²) in [7, 11) is 0. The molecule has 0 aliphatic heterocycles. The lowest BCUT2D eigenvalue weighted by atomic mass is 9.83. The van der Waals surface area contributed by atoms with E-state index in [2.05, 4.69) is 5.16 Å². The summed E-state index contributed by atoms with van der Waals surface area (Å²) in [5, 5.41) is 11.3. The van der Waals surface area contributed by atoms with Gasteiger partial charge in [-0.2, -0.15) is 0 Å². The van der Waals surface area contributed by atoms with E-state index in [1.807, 2.05) is 0 Å². The maximum atomic E-state index is 13.6. The molecule has 0 bridgehead atoms. The van der Waals surface area contributed by atoms with Crippen LogP contribution in [0.1, 0.15) is 31.2 Å². The molecular weight excluding hydrogens is 235 g/mol. The van der Waals surface area contributed by atoms with Crippen LogP contribution in [0.4, 0.5) is 4.39 Å². The molecule has 0 amide bonds. The van der Waals surface area contributed by atoms with Crippen LogP contribution in [-0.2, 0) is 0 Å². The highest BCUT2D eigenvalue weighted by atomic mass is 19.1. The quantitative estimate of drug-likeness (QED) is 0.366. The van der Waals surface area contributed by atoms with Crippen molar-refractivity contribution in [3.05, 3.63) is 29.6 Å². The zero-order chi connectivity index (χ0) is 13.0. The molecule has 18 heavy (non-hydrogen) atoms. The van der Waals surface area contributed by atoms with Crippen molar-refractivity contribution in [3.63, 3.8) is 0 Å². The van der Waals surface area contributed by atoms with Gasteiger partial charge in [0.05, 0.1) is 6.61 Å². The summed E-state index contributed by atoms with van der Waals surface area (Å²) < 4.78 is 19.0. The first kappa shape index (κ1) is 12.7. The third-order valence-electron chi connectivity index (χ3n) is 3.34. The monoisotopic (exact) mass is 252 g/mol. The normalized spacial score (nSPS) is 16.4. The third-order valence-corrected chi connectivity index (χ3v) is 3.34. The van der Waals surface area contributed by atoms with Crippen molar-refractivity contribution in [2.45, 2.75) is 25.7 Å². The Kier molecular flexibility index (Phi) is 4.02. The molecule has 0 heterocycles. The maximum Gasteiger partial charge on any atom is 0.170 e. The first-order valence-corrected chi connectivity index (χ1v) is 6.11. The summed E-state index contributed by atoms with van der Waals surface area (Å²) in [6, 6.07) is 4.27. The largest absolute Gasteiger partial charge is 0.491 e. The second kappa shape index (κ2) is 5.71. The van der Waals surface area contributed by atoms with E-state index in [9.17, 15) is 4.39 Å². The number of rotatable bonds is 5. The number of benzene rings is 1. The summed E-state index contributed by atoms with van der Waals surface area (Å²) in [5.74, 6) is 0.343. The summed E-state index contributed by atoms with van der Waals surface area (Å²) >= 11 is 0. The lowest BCUT2D eigenvalue weighted by Gasteiger charge is -2.25. The number of nitrogens with two attached hydrogens (primary N) is 1. The Hall–Kier alpha value is -1.78. The molecule has 1 saturated carbocycles. The average molecular weight is 252 g/mol. The van der Waals surface area contributed by atoms with Crippen molar-refractivity contribution in [1.29, 1.82) is 0 Å². The Balaban J connectivity index is 1.92. The number of nitrogens with zero attached hydrogens (tertiary/aromatic N) is 1. The highest BCUT2D eigenvalue weighted by Gasteiger charge is 2.17. The molecule has 1 aliphatic rings. The van der Waals surface area contributed by atoms with E-state index in [1.54, 1.807) is 6.07 Å². The highest BCUT2D eigenvalue weighted by Crippen LogP contribution is 2.29. The summed E-state index contributed by atoms with van der Waals surface area (Å²) in [4.78, 5) is 0. The predicted molar refractivity (Wildman–Crippen MR) is 66.4 cm³/mol. The molecular formula is C13H17FN2O2. The van der Waals surface area contributed by atoms with Gasteiger partial charge in [0, 0.05) is 5.56 Å². The van der Waals surface area contributed by atoms with Crippen LogP contribution >= 0.6 is 0 Å². The van der Waals surface area contributed by atoms with Gasteiger partial charge in [-0.05, 0) is 30.5 Å². The zero-order valence-corrected chi connectivity index (χ0v) is 10.1. The van der Waals surface area contributed by atoms with Gasteiger partial charge in [-0.15, -0.1) is 0 Å². The molecule has 4 nitrogen and oxygen atoms in total. The van der Waals surface area contributed by atoms with Gasteiger partial charge in [0.15, 0.2) is 17.4 Å². The number of hydrogen-bond acceptors (Lipinski definition) is 3. The first-order valence-electron chi connectivity index (χ1n) is 6.11. The van der Waals surface area contributed by atoms with Crippen LogP contribution in [-0.4, -0.2) is 17.6 Å². The summed E-state index contributed by atoms with van der Waals surface area (Å²) in [6.45, 7) is 0.532. The maximum absolute atomic E-state index is 13.6. The first-order chi connectivity index (χ1) is 8.70. The number of amidine groups is 1. The van der Waals surface area contributed by atoms with Crippen LogP contribution in [0.2, 0.25) is 0 Å². The smallest absolute Gasteiger partial charge is 0.170 e. The van der Waals surface area contributed by atoms with Crippen LogP contribution in [0.3, 0.4) is 0 Å². The van der Waals surface area contributed by atoms with Crippen molar-refractivity contribution in [3.8, 4) is 5.75 Å². The van der Waals surface area contributed by atoms with Crippen LogP contribution in [0.15, 0.2) is 23.4 Å². The molecule has 0 radical (unpaired) electrons. The molecule has 1 aliphatic carbocycles. The van der Waals surface area contributed by atoms with E-state index in [-0.39, 0.29) is 11.6 Å². The molecule has 3 N–H and O–H groups in total. The van der Waals surface area contributed by atoms with Crippen LogP contribution < -0.4 is 10.5 Å². The van der Waals surface area contributed by atoms with E-state index in [0.29, 0.717) is 12.2 Å². The second-order valence-corrected chi connectivity index (χ2v) is 4.56. The van der Waals surface area contributed by atoms with Gasteiger partial charge in [-0.25, -0.2) is 4.39 Å². The molecule has 1 fully saturated rings. The molecule has 0 saturated heterocycles. The van der Waals surface area contributed by atoms with Gasteiger partial charge in [-0.1, -0.05) is 24.4 Å².